The monoisotopic (exact) mass is 416 g/mol. The van der Waals surface area contributed by atoms with Crippen LogP contribution in [0.1, 0.15) is 58.4 Å². The lowest BCUT2D eigenvalue weighted by molar-refractivity contribution is -0.576. The Morgan fingerprint density at radius 2 is 1.90 bits per heavy atom. The fourth-order valence-corrected chi connectivity index (χ4v) is 6.09. The molecule has 0 aromatic heterocycles. The smallest absolute Gasteiger partial charge is 0.308 e. The van der Waals surface area contributed by atoms with Gasteiger partial charge in [-0.2, -0.15) is 0 Å². The Morgan fingerprint density at radius 1 is 1.10 bits per heavy atom. The van der Waals surface area contributed by atoms with Gasteiger partial charge in [0.1, 0.15) is 0 Å². The van der Waals surface area contributed by atoms with E-state index < -0.39 is 24.0 Å². The largest absolute Gasteiger partial charge is 0.435 e. The molecule has 1 aliphatic carbocycles. The molecule has 1 saturated carbocycles. The highest BCUT2D eigenvalue weighted by molar-refractivity contribution is 5.69. The molecule has 0 amide bonds. The summed E-state index contributed by atoms with van der Waals surface area (Å²) in [5.41, 5.74) is 0.498. The minimum Gasteiger partial charge on any atom is -0.435 e. The van der Waals surface area contributed by atoms with Crippen molar-refractivity contribution in [3.8, 4) is 0 Å². The van der Waals surface area contributed by atoms with Crippen LogP contribution < -0.4 is 0 Å². The maximum absolute atomic E-state index is 12.6. The van der Waals surface area contributed by atoms with E-state index in [0.29, 0.717) is 24.7 Å². The van der Waals surface area contributed by atoms with Crippen molar-refractivity contribution in [2.45, 2.75) is 83.3 Å². The van der Waals surface area contributed by atoms with Crippen LogP contribution in [0.3, 0.4) is 0 Å². The van der Waals surface area contributed by atoms with Crippen LogP contribution in [0.15, 0.2) is 30.3 Å². The van der Waals surface area contributed by atoms with Gasteiger partial charge in [-0.05, 0) is 50.0 Å². The lowest BCUT2D eigenvalue weighted by Crippen LogP contribution is -2.70. The first-order valence-corrected chi connectivity index (χ1v) is 11.3. The van der Waals surface area contributed by atoms with Crippen molar-refractivity contribution in [2.75, 3.05) is 0 Å². The van der Waals surface area contributed by atoms with Gasteiger partial charge < -0.3 is 14.2 Å². The summed E-state index contributed by atoms with van der Waals surface area (Å²) in [7, 11) is 0. The Bertz CT molecular complexity index is 783. The first-order valence-electron chi connectivity index (χ1n) is 11.3. The van der Waals surface area contributed by atoms with E-state index in [0.717, 1.165) is 31.2 Å². The normalized spacial score (nSPS) is 44.8. The third-order valence-corrected chi connectivity index (χ3v) is 7.81. The Morgan fingerprint density at radius 3 is 2.70 bits per heavy atom. The third-order valence-electron chi connectivity index (χ3n) is 7.81. The van der Waals surface area contributed by atoms with Crippen molar-refractivity contribution in [3.05, 3.63) is 35.9 Å². The summed E-state index contributed by atoms with van der Waals surface area (Å²) >= 11 is 0. The van der Waals surface area contributed by atoms with Crippen LogP contribution >= 0.6 is 0 Å². The molecule has 1 spiro atoms. The Balaban J connectivity index is 1.33. The second kappa shape index (κ2) is 7.59. The second-order valence-electron chi connectivity index (χ2n) is 9.75. The number of fused-ring (bicyclic) bond motifs is 2. The summed E-state index contributed by atoms with van der Waals surface area (Å²) < 4.78 is 18.4. The average molecular weight is 417 g/mol. The van der Waals surface area contributed by atoms with Gasteiger partial charge in [0.05, 0.1) is 0 Å². The van der Waals surface area contributed by atoms with E-state index in [2.05, 4.69) is 13.8 Å². The highest BCUT2D eigenvalue weighted by Crippen LogP contribution is 2.60. The van der Waals surface area contributed by atoms with E-state index in [1.807, 2.05) is 37.3 Å². The molecule has 1 aromatic rings. The molecular formula is C24H32O6. The van der Waals surface area contributed by atoms with Crippen LogP contribution in [-0.2, 0) is 35.2 Å². The summed E-state index contributed by atoms with van der Waals surface area (Å²) in [5, 5.41) is 0. The lowest BCUT2D eigenvalue weighted by atomic mass is 9.58. The van der Waals surface area contributed by atoms with Crippen molar-refractivity contribution in [1.29, 1.82) is 0 Å². The summed E-state index contributed by atoms with van der Waals surface area (Å²) in [6, 6.07) is 9.98. The van der Waals surface area contributed by atoms with E-state index in [1.54, 1.807) is 0 Å². The standard InChI is InChI=1S/C24H32O6/c1-15-9-11-19-16(2)21(26-20(25)12-10-17-7-5-4-6-8-17)27-22-24(19)18(15)13-14-23(3,28-22)29-30-24/h4-8,15-16,18-19,21-22H,9-14H2,1-3H3/t15-,16-,18?,19+,21-,22?,23+,24-/m1/s1. The predicted octanol–water partition coefficient (Wildman–Crippen LogP) is 4.37. The predicted molar refractivity (Wildman–Crippen MR) is 108 cm³/mol. The van der Waals surface area contributed by atoms with Gasteiger partial charge in [0, 0.05) is 24.7 Å². The lowest BCUT2D eigenvalue weighted by Gasteiger charge is -2.59. The number of carbonyl (C=O) groups excluding carboxylic acids is 1. The summed E-state index contributed by atoms with van der Waals surface area (Å²) in [4.78, 5) is 24.6. The molecule has 2 bridgehead atoms. The molecule has 4 saturated heterocycles. The maximum atomic E-state index is 12.6. The molecule has 8 atom stereocenters. The first kappa shape index (κ1) is 20.4. The molecule has 4 aliphatic heterocycles. The van der Waals surface area contributed by atoms with Gasteiger partial charge in [-0.15, -0.1) is 0 Å². The van der Waals surface area contributed by atoms with Crippen LogP contribution in [0.4, 0.5) is 0 Å². The number of hydrogen-bond acceptors (Lipinski definition) is 6. The molecule has 30 heavy (non-hydrogen) atoms. The Hall–Kier alpha value is -1.47. The first-order chi connectivity index (χ1) is 14.4. The number of rotatable bonds is 4. The molecule has 164 valence electrons. The fraction of sp³-hybridized carbons (Fsp3) is 0.708. The Labute approximate surface area is 178 Å². The summed E-state index contributed by atoms with van der Waals surface area (Å²) in [6.07, 6.45) is 3.64. The molecule has 6 rings (SSSR count). The summed E-state index contributed by atoms with van der Waals surface area (Å²) in [5.74, 6) is -0.0759. The molecule has 6 nitrogen and oxygen atoms in total. The molecule has 0 radical (unpaired) electrons. The number of hydrogen-bond donors (Lipinski definition) is 0. The van der Waals surface area contributed by atoms with E-state index in [1.165, 1.54) is 0 Å². The molecule has 4 heterocycles. The SMILES string of the molecule is C[C@H]1[C@H](OC(=O)CCc2ccccc2)OC2O[C@]3(C)CCC4[C@H](C)CC[C@@H]1[C@@]24OO3. The van der Waals surface area contributed by atoms with Gasteiger partial charge in [0.2, 0.25) is 12.1 Å². The van der Waals surface area contributed by atoms with Gasteiger partial charge in [-0.25, -0.2) is 9.78 Å². The van der Waals surface area contributed by atoms with E-state index >= 15 is 0 Å². The summed E-state index contributed by atoms with van der Waals surface area (Å²) in [6.45, 7) is 6.29. The van der Waals surface area contributed by atoms with Gasteiger partial charge in [-0.3, -0.25) is 4.79 Å². The quantitative estimate of drug-likeness (QED) is 0.536. The average Bonchev–Trinajstić information content (AvgIpc) is 2.97. The van der Waals surface area contributed by atoms with Crippen LogP contribution in [0.5, 0.6) is 0 Å². The van der Waals surface area contributed by atoms with Crippen molar-refractivity contribution in [2.24, 2.45) is 23.7 Å². The molecule has 0 N–H and O–H groups in total. The zero-order valence-electron chi connectivity index (χ0n) is 18.0. The van der Waals surface area contributed by atoms with E-state index in [-0.39, 0.29) is 17.8 Å². The van der Waals surface area contributed by atoms with Crippen LogP contribution in [-0.4, -0.2) is 29.9 Å². The van der Waals surface area contributed by atoms with Crippen molar-refractivity contribution >= 4 is 5.97 Å². The van der Waals surface area contributed by atoms with E-state index in [9.17, 15) is 4.79 Å². The van der Waals surface area contributed by atoms with Crippen molar-refractivity contribution in [3.63, 3.8) is 0 Å². The van der Waals surface area contributed by atoms with Crippen LogP contribution in [0, 0.1) is 23.7 Å². The number of benzene rings is 1. The van der Waals surface area contributed by atoms with Crippen molar-refractivity contribution < 1.29 is 28.8 Å². The number of esters is 1. The molecule has 5 aliphatic rings. The number of carbonyl (C=O) groups is 1. The topological polar surface area (TPSA) is 63.2 Å². The van der Waals surface area contributed by atoms with Gasteiger partial charge in [0.25, 0.3) is 0 Å². The second-order valence-corrected chi connectivity index (χ2v) is 9.75. The number of ether oxygens (including phenoxy) is 3. The van der Waals surface area contributed by atoms with Crippen LogP contribution in [0.25, 0.3) is 0 Å². The minimum absolute atomic E-state index is 0.00609. The Kier molecular flexibility index (Phi) is 5.17. The van der Waals surface area contributed by atoms with Gasteiger partial charge in [0.15, 0.2) is 11.9 Å². The van der Waals surface area contributed by atoms with Gasteiger partial charge >= 0.3 is 5.97 Å². The number of aryl methyl sites for hydroxylation is 1. The minimum atomic E-state index is -0.819. The van der Waals surface area contributed by atoms with E-state index in [4.69, 9.17) is 24.0 Å². The molecule has 1 aromatic carbocycles. The zero-order chi connectivity index (χ0) is 20.9. The molecule has 2 unspecified atom stereocenters. The zero-order valence-corrected chi connectivity index (χ0v) is 18.0. The van der Waals surface area contributed by atoms with Gasteiger partial charge in [-0.1, -0.05) is 44.2 Å². The molecule has 6 heteroatoms. The maximum Gasteiger partial charge on any atom is 0.308 e. The third kappa shape index (κ3) is 3.29. The van der Waals surface area contributed by atoms with Crippen molar-refractivity contribution in [1.82, 2.24) is 0 Å². The molecular weight excluding hydrogens is 384 g/mol. The highest BCUT2D eigenvalue weighted by Gasteiger charge is 2.69. The molecule has 5 fully saturated rings. The fourth-order valence-electron chi connectivity index (χ4n) is 6.09. The highest BCUT2D eigenvalue weighted by atomic mass is 17.3. The van der Waals surface area contributed by atoms with Crippen LogP contribution in [0.2, 0.25) is 0 Å².